The Morgan fingerprint density at radius 2 is 2.08 bits per heavy atom. The first-order valence-electron chi connectivity index (χ1n) is 8.70. The van der Waals surface area contributed by atoms with Crippen molar-refractivity contribution >= 4 is 11.6 Å². The van der Waals surface area contributed by atoms with Crippen LogP contribution in [0.4, 0.5) is 0 Å². The fourth-order valence-corrected chi connectivity index (χ4v) is 3.17. The van der Waals surface area contributed by atoms with Crippen LogP contribution in [0.1, 0.15) is 43.1 Å². The summed E-state index contributed by atoms with van der Waals surface area (Å²) in [5.41, 5.74) is 2.30. The number of hydrogen-bond donors (Lipinski definition) is 0. The number of hydrogen-bond acceptors (Lipinski definition) is 4. The summed E-state index contributed by atoms with van der Waals surface area (Å²) in [7, 11) is 0. The quantitative estimate of drug-likeness (QED) is 0.764. The van der Waals surface area contributed by atoms with Gasteiger partial charge in [-0.3, -0.25) is 9.69 Å². The van der Waals surface area contributed by atoms with Crippen LogP contribution in [0.2, 0.25) is 0 Å². The van der Waals surface area contributed by atoms with E-state index in [1.807, 2.05) is 23.4 Å². The Bertz CT molecular complexity index is 747. The van der Waals surface area contributed by atoms with Crippen LogP contribution in [-0.2, 0) is 6.54 Å². The molecule has 0 unspecified atom stereocenters. The molecular weight excluding hydrogens is 302 g/mol. The van der Waals surface area contributed by atoms with E-state index < -0.39 is 0 Å². The maximum atomic E-state index is 12.8. The van der Waals surface area contributed by atoms with Gasteiger partial charge < -0.3 is 4.90 Å². The van der Waals surface area contributed by atoms with Crippen molar-refractivity contribution in [1.29, 1.82) is 0 Å². The maximum absolute atomic E-state index is 12.8. The van der Waals surface area contributed by atoms with Gasteiger partial charge in [0.2, 0.25) is 0 Å². The summed E-state index contributed by atoms with van der Waals surface area (Å²) in [6.45, 7) is 9.88. The van der Waals surface area contributed by atoms with E-state index in [0.717, 1.165) is 31.6 Å². The summed E-state index contributed by atoms with van der Waals surface area (Å²) < 4.78 is 1.72. The molecule has 6 heteroatoms. The van der Waals surface area contributed by atoms with Gasteiger partial charge in [-0.15, -0.1) is 0 Å². The Morgan fingerprint density at radius 1 is 1.29 bits per heavy atom. The van der Waals surface area contributed by atoms with Gasteiger partial charge in [0.05, 0.1) is 12.2 Å². The largest absolute Gasteiger partial charge is 0.328 e. The van der Waals surface area contributed by atoms with Gasteiger partial charge >= 0.3 is 0 Å². The van der Waals surface area contributed by atoms with E-state index >= 15 is 0 Å². The Labute approximate surface area is 142 Å². The zero-order valence-electron chi connectivity index (χ0n) is 14.6. The van der Waals surface area contributed by atoms with Gasteiger partial charge in [0.1, 0.15) is 5.56 Å². The summed E-state index contributed by atoms with van der Waals surface area (Å²) in [6, 6.07) is 0.175. The lowest BCUT2D eigenvalue weighted by Gasteiger charge is -2.23. The van der Waals surface area contributed by atoms with E-state index in [0.29, 0.717) is 17.8 Å². The standard InChI is InChI=1S/C18H25N5O/c1-4-15-8-7-9-22(15)18(24)16-11-20-23-13-14(10-19-17(16)23)12-21(5-2)6-3/h7-8,10-11,13,15H,4-6,9,12H2,1-3H3/t15-/m1/s1. The maximum Gasteiger partial charge on any atom is 0.260 e. The Morgan fingerprint density at radius 3 is 2.79 bits per heavy atom. The fraction of sp³-hybridized carbons (Fsp3) is 0.500. The Balaban J connectivity index is 1.84. The van der Waals surface area contributed by atoms with E-state index in [-0.39, 0.29) is 11.9 Å². The zero-order valence-corrected chi connectivity index (χ0v) is 14.6. The van der Waals surface area contributed by atoms with Crippen molar-refractivity contribution in [3.63, 3.8) is 0 Å². The van der Waals surface area contributed by atoms with Gasteiger partial charge in [0.15, 0.2) is 5.65 Å². The average molecular weight is 327 g/mol. The molecule has 0 saturated heterocycles. The molecule has 3 heterocycles. The number of fused-ring (bicyclic) bond motifs is 1. The van der Waals surface area contributed by atoms with Gasteiger partial charge in [0.25, 0.3) is 5.91 Å². The van der Waals surface area contributed by atoms with Crippen molar-refractivity contribution in [2.45, 2.75) is 39.8 Å². The second-order valence-electron chi connectivity index (χ2n) is 6.11. The number of carbonyl (C=O) groups is 1. The number of aromatic nitrogens is 3. The van der Waals surface area contributed by atoms with Gasteiger partial charge in [0, 0.05) is 31.0 Å². The second-order valence-corrected chi connectivity index (χ2v) is 6.11. The molecule has 0 aromatic carbocycles. The zero-order chi connectivity index (χ0) is 17.1. The highest BCUT2D eigenvalue weighted by Gasteiger charge is 2.27. The van der Waals surface area contributed by atoms with E-state index in [4.69, 9.17) is 0 Å². The minimum Gasteiger partial charge on any atom is -0.328 e. The number of nitrogens with zero attached hydrogens (tertiary/aromatic N) is 5. The van der Waals surface area contributed by atoms with Crippen LogP contribution in [0, 0.1) is 0 Å². The highest BCUT2D eigenvalue weighted by Crippen LogP contribution is 2.19. The summed E-state index contributed by atoms with van der Waals surface area (Å²) in [5, 5.41) is 4.35. The molecule has 24 heavy (non-hydrogen) atoms. The fourth-order valence-electron chi connectivity index (χ4n) is 3.17. The molecule has 0 aliphatic carbocycles. The van der Waals surface area contributed by atoms with Crippen molar-refractivity contribution in [1.82, 2.24) is 24.4 Å². The van der Waals surface area contributed by atoms with Gasteiger partial charge in [-0.05, 0) is 19.5 Å². The highest BCUT2D eigenvalue weighted by atomic mass is 16.2. The summed E-state index contributed by atoms with van der Waals surface area (Å²) in [4.78, 5) is 21.5. The summed E-state index contributed by atoms with van der Waals surface area (Å²) in [6.07, 6.45) is 10.5. The lowest BCUT2D eigenvalue weighted by molar-refractivity contribution is 0.0749. The monoisotopic (exact) mass is 327 g/mol. The van der Waals surface area contributed by atoms with Crippen LogP contribution in [0.5, 0.6) is 0 Å². The smallest absolute Gasteiger partial charge is 0.260 e. The van der Waals surface area contributed by atoms with Crippen molar-refractivity contribution < 1.29 is 4.79 Å². The molecule has 2 aromatic rings. The van der Waals surface area contributed by atoms with E-state index in [9.17, 15) is 4.79 Å². The Kier molecular flexibility index (Phi) is 4.94. The van der Waals surface area contributed by atoms with Crippen molar-refractivity contribution in [3.05, 3.63) is 41.9 Å². The highest BCUT2D eigenvalue weighted by molar-refractivity contribution is 6.00. The van der Waals surface area contributed by atoms with Crippen LogP contribution in [-0.4, -0.2) is 56.0 Å². The molecule has 0 saturated carbocycles. The predicted molar refractivity (Wildman–Crippen MR) is 93.9 cm³/mol. The van der Waals surface area contributed by atoms with Gasteiger partial charge in [-0.25, -0.2) is 9.50 Å². The third-order valence-electron chi connectivity index (χ3n) is 4.68. The molecule has 2 aromatic heterocycles. The Hall–Kier alpha value is -2.21. The third kappa shape index (κ3) is 3.06. The molecule has 1 amide bonds. The third-order valence-corrected chi connectivity index (χ3v) is 4.68. The second kappa shape index (κ2) is 7.13. The van der Waals surface area contributed by atoms with Crippen molar-refractivity contribution in [3.8, 4) is 0 Å². The predicted octanol–water partition coefficient (Wildman–Crippen LogP) is 2.36. The molecule has 1 aliphatic heterocycles. The minimum atomic E-state index is 0.00541. The normalized spacial score (nSPS) is 17.3. The number of amides is 1. The molecule has 128 valence electrons. The number of rotatable bonds is 6. The SMILES string of the molecule is CC[C@@H]1C=CCN1C(=O)c1cnn2cc(CN(CC)CC)cnc12. The van der Waals surface area contributed by atoms with E-state index in [2.05, 4.69) is 41.8 Å². The molecule has 0 bridgehead atoms. The van der Waals surface area contributed by atoms with E-state index in [1.165, 1.54) is 0 Å². The van der Waals surface area contributed by atoms with Crippen LogP contribution >= 0.6 is 0 Å². The van der Waals surface area contributed by atoms with Crippen LogP contribution in [0.25, 0.3) is 5.65 Å². The summed E-state index contributed by atoms with van der Waals surface area (Å²) in [5.74, 6) is 0.00541. The molecule has 0 radical (unpaired) electrons. The molecule has 0 fully saturated rings. The van der Waals surface area contributed by atoms with Crippen molar-refractivity contribution in [2.75, 3.05) is 19.6 Å². The van der Waals surface area contributed by atoms with Crippen molar-refractivity contribution in [2.24, 2.45) is 0 Å². The first-order valence-corrected chi connectivity index (χ1v) is 8.70. The first kappa shape index (κ1) is 16.6. The molecular formula is C18H25N5O. The van der Waals surface area contributed by atoms with Gasteiger partial charge in [-0.1, -0.05) is 32.9 Å². The molecule has 3 rings (SSSR count). The van der Waals surface area contributed by atoms with Crippen LogP contribution < -0.4 is 0 Å². The average Bonchev–Trinajstić information content (AvgIpc) is 3.25. The lowest BCUT2D eigenvalue weighted by atomic mass is 10.2. The van der Waals surface area contributed by atoms with Crippen LogP contribution in [0.15, 0.2) is 30.7 Å². The molecule has 1 atom stereocenters. The van der Waals surface area contributed by atoms with Gasteiger partial charge in [-0.2, -0.15) is 5.10 Å². The summed E-state index contributed by atoms with van der Waals surface area (Å²) >= 11 is 0. The molecule has 0 spiro atoms. The molecule has 1 aliphatic rings. The lowest BCUT2D eigenvalue weighted by Crippen LogP contribution is -2.35. The minimum absolute atomic E-state index is 0.00541. The van der Waals surface area contributed by atoms with Crippen LogP contribution in [0.3, 0.4) is 0 Å². The first-order chi connectivity index (χ1) is 11.7. The molecule has 0 N–H and O–H groups in total. The number of carbonyl (C=O) groups excluding carboxylic acids is 1. The van der Waals surface area contributed by atoms with E-state index in [1.54, 1.807) is 10.7 Å². The topological polar surface area (TPSA) is 53.7 Å². The molecule has 6 nitrogen and oxygen atoms in total.